The van der Waals surface area contributed by atoms with Gasteiger partial charge in [-0.15, -0.1) is 0 Å². The van der Waals surface area contributed by atoms with Crippen LogP contribution in [0.3, 0.4) is 0 Å². The second kappa shape index (κ2) is 48.9. The van der Waals surface area contributed by atoms with Crippen molar-refractivity contribution in [2.24, 2.45) is 0 Å². The van der Waals surface area contributed by atoms with Gasteiger partial charge in [0.1, 0.15) is 49.4 Å². The summed E-state index contributed by atoms with van der Waals surface area (Å²) in [6, 6.07) is 20.0. The van der Waals surface area contributed by atoms with Crippen LogP contribution >= 0.6 is 0 Å². The van der Waals surface area contributed by atoms with Crippen LogP contribution < -0.4 is 41.9 Å². The molecule has 0 aliphatic heterocycles. The van der Waals surface area contributed by atoms with Crippen molar-refractivity contribution in [3.63, 3.8) is 0 Å². The third kappa shape index (κ3) is 32.8. The van der Waals surface area contributed by atoms with Crippen LogP contribution in [0, 0.1) is 0 Å². The summed E-state index contributed by atoms with van der Waals surface area (Å²) in [6.45, 7) is 39.6. The van der Waals surface area contributed by atoms with Gasteiger partial charge in [-0.05, 0) is 151 Å². The maximum Gasteiger partial charge on any atom is 0.338 e. The molecule has 4 aromatic carbocycles. The third-order valence-electron chi connectivity index (χ3n) is 14.2. The molecule has 0 atom stereocenters. The van der Waals surface area contributed by atoms with Crippen LogP contribution in [0.4, 0.5) is 22.7 Å². The summed E-state index contributed by atoms with van der Waals surface area (Å²) in [7, 11) is 0. The molecular weight excluding hydrogens is 1120 g/mol. The highest BCUT2D eigenvalue weighted by Gasteiger charge is 2.16. The molecule has 0 fully saturated rings. The summed E-state index contributed by atoms with van der Waals surface area (Å²) in [5, 5.41) is 0. The Bertz CT molecular complexity index is 2180. The minimum Gasteiger partial charge on any atom is -0.491 e. The van der Waals surface area contributed by atoms with Crippen LogP contribution in [0.25, 0.3) is 0 Å². The Morgan fingerprint density at radius 3 is 0.636 bits per heavy atom. The molecule has 0 saturated carbocycles. The first-order valence-corrected chi connectivity index (χ1v) is 32.1. The second-order valence-electron chi connectivity index (χ2n) is 20.5. The van der Waals surface area contributed by atoms with E-state index in [1.165, 1.54) is 0 Å². The minimum absolute atomic E-state index is 0.340. The predicted octanol–water partition coefficient (Wildman–Crippen LogP) is 11.8. The number of nitrogen functional groups attached to an aromatic ring is 4. The van der Waals surface area contributed by atoms with Crippen LogP contribution in [0.2, 0.25) is 0 Å². The molecule has 0 saturated heterocycles. The number of hydrogen-bond donors (Lipinski definition) is 4. The summed E-state index contributed by atoms with van der Waals surface area (Å²) >= 11 is 0. The molecule has 0 aliphatic carbocycles. The van der Waals surface area contributed by atoms with Crippen molar-refractivity contribution in [3.8, 4) is 23.0 Å². The smallest absolute Gasteiger partial charge is 0.338 e. The first-order valence-electron chi connectivity index (χ1n) is 32.1. The Kier molecular flexibility index (Phi) is 43.9. The molecule has 0 amide bonds. The van der Waals surface area contributed by atoms with E-state index in [4.69, 9.17) is 60.8 Å². The van der Waals surface area contributed by atoms with Crippen molar-refractivity contribution >= 4 is 46.6 Å². The normalized spacial score (nSPS) is 10.7. The first-order chi connectivity index (χ1) is 42.5. The average Bonchev–Trinajstić information content (AvgIpc) is 3.74. The van der Waals surface area contributed by atoms with Gasteiger partial charge in [-0.2, -0.15) is 0 Å². The van der Waals surface area contributed by atoms with Crippen LogP contribution in [0.5, 0.6) is 23.0 Å². The fourth-order valence-corrected chi connectivity index (χ4v) is 8.01. The largest absolute Gasteiger partial charge is 0.491 e. The number of unbranched alkanes of at least 4 members (excludes halogenated alkanes) is 4. The number of nitrogens with two attached hydrogens (primary N) is 4. The fourth-order valence-electron chi connectivity index (χ4n) is 8.01. The van der Waals surface area contributed by atoms with Gasteiger partial charge in [-0.1, -0.05) is 109 Å². The van der Waals surface area contributed by atoms with E-state index in [1.807, 2.05) is 0 Å². The van der Waals surface area contributed by atoms with Crippen LogP contribution in [0.1, 0.15) is 176 Å². The topological polar surface area (TPSA) is 259 Å². The Labute approximate surface area is 528 Å². The van der Waals surface area contributed by atoms with E-state index < -0.39 is 0 Å². The number of carbonyl (C=O) groups excluding carboxylic acids is 4. The number of carbonyl (C=O) groups is 4. The number of nitrogens with zero attached hydrogens (tertiary/aromatic N) is 4. The number of hydrogen-bond acceptors (Lipinski definition) is 20. The molecule has 0 aromatic heterocycles. The highest BCUT2D eigenvalue weighted by molar-refractivity contribution is 5.92. The maximum atomic E-state index is 12.1. The molecule has 4 rings (SSSR count). The molecule has 0 radical (unpaired) electrons. The second-order valence-corrected chi connectivity index (χ2v) is 20.5. The van der Waals surface area contributed by atoms with Gasteiger partial charge in [0.25, 0.3) is 0 Å². The third-order valence-corrected chi connectivity index (χ3v) is 14.2. The zero-order valence-electron chi connectivity index (χ0n) is 55.7. The molecule has 0 spiro atoms. The number of ether oxygens (including phenoxy) is 8. The minimum atomic E-state index is -0.340. The molecular formula is C68H112N8O12. The molecule has 20 heteroatoms. The SMILES string of the molecule is CCCCOc1cc(C(=O)OCCN(CC)CC)ccc1N.CCCCOc1cc(C(=O)OCCN(CC)CC)ccc1N.CCCCOc1cc(C(=O)OCCN(CC)CC)ccc1N.CCCCOc1cc(C(=O)OCCN(CC)CC)ccc1N. The van der Waals surface area contributed by atoms with E-state index in [1.54, 1.807) is 72.8 Å². The Morgan fingerprint density at radius 2 is 0.477 bits per heavy atom. The number of esters is 4. The molecule has 0 aliphatic rings. The van der Waals surface area contributed by atoms with Crippen molar-refractivity contribution in [1.29, 1.82) is 0 Å². The lowest BCUT2D eigenvalue weighted by molar-refractivity contribution is 0.0457. The van der Waals surface area contributed by atoms with Crippen LogP contribution in [0.15, 0.2) is 72.8 Å². The summed E-state index contributed by atoms with van der Waals surface area (Å²) in [6.07, 6.45) is 8.02. The van der Waals surface area contributed by atoms with Crippen molar-refractivity contribution in [2.45, 2.75) is 134 Å². The standard InChI is InChI=1S/4C17H28N2O3/c4*1-4-7-11-21-16-13-14(8-9-15(16)18)17(20)22-12-10-19(5-2)6-3/h4*8-9,13H,4-7,10-12,18H2,1-3H3. The molecule has 20 nitrogen and oxygen atoms in total. The lowest BCUT2D eigenvalue weighted by Gasteiger charge is -2.17. The monoisotopic (exact) mass is 1230 g/mol. The first kappa shape index (κ1) is 79.0. The molecule has 0 unspecified atom stereocenters. The summed E-state index contributed by atoms with van der Waals surface area (Å²) in [5.74, 6) is 0.830. The number of rotatable bonds is 40. The Morgan fingerprint density at radius 1 is 0.295 bits per heavy atom. The van der Waals surface area contributed by atoms with Gasteiger partial charge < -0.3 is 80.4 Å². The summed E-state index contributed by atoms with van der Waals surface area (Å²) in [5.41, 5.74) is 27.5. The number of anilines is 4. The van der Waals surface area contributed by atoms with E-state index >= 15 is 0 Å². The predicted molar refractivity (Wildman–Crippen MR) is 357 cm³/mol. The van der Waals surface area contributed by atoms with E-state index in [0.29, 0.717) is 121 Å². The molecule has 0 heterocycles. The lowest BCUT2D eigenvalue weighted by atomic mass is 10.2. The average molecular weight is 1230 g/mol. The zero-order valence-corrected chi connectivity index (χ0v) is 55.7. The molecule has 4 aromatic rings. The van der Waals surface area contributed by atoms with Crippen molar-refractivity contribution in [2.75, 3.05) is 154 Å². The number of likely N-dealkylation sites (N-methyl/N-ethyl adjacent to an activating group) is 4. The van der Waals surface area contributed by atoms with E-state index in [-0.39, 0.29) is 23.9 Å². The van der Waals surface area contributed by atoms with E-state index in [0.717, 1.165) is 130 Å². The molecule has 0 bridgehead atoms. The fraction of sp³-hybridized carbons (Fsp3) is 0.588. The van der Waals surface area contributed by atoms with Crippen molar-refractivity contribution in [3.05, 3.63) is 95.1 Å². The maximum absolute atomic E-state index is 12.1. The van der Waals surface area contributed by atoms with Gasteiger partial charge in [-0.3, -0.25) is 0 Å². The van der Waals surface area contributed by atoms with Gasteiger partial charge in [-0.25, -0.2) is 19.2 Å². The zero-order chi connectivity index (χ0) is 65.5. The molecule has 8 N–H and O–H groups in total. The van der Waals surface area contributed by atoms with E-state index in [9.17, 15) is 19.2 Å². The Balaban J connectivity index is 0.000000587. The van der Waals surface area contributed by atoms with Crippen molar-refractivity contribution < 1.29 is 57.1 Å². The number of benzene rings is 4. The van der Waals surface area contributed by atoms with E-state index in [2.05, 4.69) is 103 Å². The lowest BCUT2D eigenvalue weighted by Crippen LogP contribution is -2.27. The molecule has 88 heavy (non-hydrogen) atoms. The van der Waals surface area contributed by atoms with Gasteiger partial charge in [0.15, 0.2) is 0 Å². The summed E-state index contributed by atoms with van der Waals surface area (Å²) < 4.78 is 43.6. The Hall–Kier alpha value is -7.00. The van der Waals surface area contributed by atoms with Gasteiger partial charge in [0, 0.05) is 26.2 Å². The van der Waals surface area contributed by atoms with Crippen LogP contribution in [-0.2, 0) is 18.9 Å². The summed E-state index contributed by atoms with van der Waals surface area (Å²) in [4.78, 5) is 57.1. The quantitative estimate of drug-likeness (QED) is 0.0140. The van der Waals surface area contributed by atoms with Crippen LogP contribution in [-0.4, -0.2) is 175 Å². The van der Waals surface area contributed by atoms with Crippen molar-refractivity contribution in [1.82, 2.24) is 19.6 Å². The van der Waals surface area contributed by atoms with Gasteiger partial charge in [0.05, 0.1) is 71.4 Å². The van der Waals surface area contributed by atoms with Gasteiger partial charge in [0.2, 0.25) is 0 Å². The van der Waals surface area contributed by atoms with Gasteiger partial charge >= 0.3 is 23.9 Å². The highest BCUT2D eigenvalue weighted by atomic mass is 16.5. The highest BCUT2D eigenvalue weighted by Crippen LogP contribution is 2.27. The molecule has 496 valence electrons.